The van der Waals surface area contributed by atoms with Crippen LogP contribution in [0.4, 0.5) is 4.39 Å². The third kappa shape index (κ3) is 35.6. The molecule has 0 fully saturated rings. The minimum Gasteiger partial charge on any atom is -0.508 e. The van der Waals surface area contributed by atoms with E-state index in [9.17, 15) is 83.0 Å². The molecule has 5 atom stereocenters. The number of halogens is 1. The number of carbonyl (C=O) groups is 10. The summed E-state index contributed by atoms with van der Waals surface area (Å²) in [7, 11) is 0. The molecule has 0 aliphatic rings. The molecule has 18 heteroatoms. The molecule has 10 aromatic carbocycles. The van der Waals surface area contributed by atoms with E-state index in [2.05, 4.69) is 0 Å². The van der Waals surface area contributed by atoms with Gasteiger partial charge in [-0.1, -0.05) is 254 Å². The van der Waals surface area contributed by atoms with E-state index in [0.717, 1.165) is 77.9 Å². The van der Waals surface area contributed by atoms with Crippen LogP contribution in [0.1, 0.15) is 123 Å². The van der Waals surface area contributed by atoms with E-state index in [-0.39, 0.29) is 112 Å². The number of ketones is 5. The molecule has 0 bridgehead atoms. The molecule has 596 valence electrons. The van der Waals surface area contributed by atoms with Gasteiger partial charge in [-0.05, 0) is 158 Å². The lowest BCUT2D eigenvalue weighted by Gasteiger charge is -2.13. The average molecular weight is 1550 g/mol. The van der Waals surface area contributed by atoms with Crippen LogP contribution in [0.5, 0.6) is 11.5 Å². The summed E-state index contributed by atoms with van der Waals surface area (Å²) in [5, 5.41) is 55.9. The second-order valence-corrected chi connectivity index (χ2v) is 28.7. The first-order valence-electron chi connectivity index (χ1n) is 37.4. The standard InChI is InChI=1S/C19H20FNO2.2C19H20O4.2C19H20O3.CH4/c1-13-7-8-15(18(20)9-13)11-17(22)12-16(19(21)23)10-14-5-3-2-4-6-14;2*1-13-2-4-15(5-3-13)11-18(21)12-16(19(22)23)10-14-6-8-17(20)9-7-14;2*1-14-7-9-16(10-8-14)12-18(20)13-17(19(21)22)11-15-5-3-2-4-6-15;/h2-9,16H,10-12H2,1H3,(H2,21,23);2*2-9,16,20H,10-12H2,1H3,(H,22,23);2*2-10,17H,11-13H2,1H3,(H,21,22);1H4. The smallest absolute Gasteiger partial charge is 0.307 e. The summed E-state index contributed by atoms with van der Waals surface area (Å²) < 4.78 is 13.8. The van der Waals surface area contributed by atoms with Gasteiger partial charge in [-0.3, -0.25) is 47.9 Å². The third-order valence-corrected chi connectivity index (χ3v) is 18.7. The van der Waals surface area contributed by atoms with Crippen molar-refractivity contribution < 1.29 is 83.0 Å². The van der Waals surface area contributed by atoms with Crippen LogP contribution in [-0.4, -0.2) is 89.3 Å². The van der Waals surface area contributed by atoms with Gasteiger partial charge in [0.2, 0.25) is 5.91 Å². The lowest BCUT2D eigenvalue weighted by atomic mass is 9.91. The molecular formula is C96H104FNO16. The van der Waals surface area contributed by atoms with Crippen molar-refractivity contribution in [2.24, 2.45) is 35.3 Å². The summed E-state index contributed by atoms with van der Waals surface area (Å²) in [4.78, 5) is 118. The number of nitrogens with two attached hydrogens (primary N) is 1. The predicted octanol–water partition coefficient (Wildman–Crippen LogP) is 16.8. The molecule has 0 aliphatic heterocycles. The van der Waals surface area contributed by atoms with Gasteiger partial charge in [-0.15, -0.1) is 0 Å². The fourth-order valence-electron chi connectivity index (χ4n) is 12.3. The van der Waals surface area contributed by atoms with E-state index in [1.807, 2.05) is 216 Å². The predicted molar refractivity (Wildman–Crippen MR) is 440 cm³/mol. The maximum Gasteiger partial charge on any atom is 0.307 e. The van der Waals surface area contributed by atoms with E-state index in [1.165, 1.54) is 30.3 Å². The van der Waals surface area contributed by atoms with Gasteiger partial charge in [0.05, 0.1) is 23.7 Å². The van der Waals surface area contributed by atoms with Gasteiger partial charge in [0.15, 0.2) is 0 Å². The van der Waals surface area contributed by atoms with Gasteiger partial charge in [0.1, 0.15) is 46.2 Å². The second-order valence-electron chi connectivity index (χ2n) is 28.7. The van der Waals surface area contributed by atoms with Gasteiger partial charge in [0.25, 0.3) is 0 Å². The Hall–Kier alpha value is -12.6. The fraction of sp³-hybridized carbons (Fsp3) is 0.271. The highest BCUT2D eigenvalue weighted by Crippen LogP contribution is 2.24. The number of phenols is 2. The van der Waals surface area contributed by atoms with E-state index < -0.39 is 65.2 Å². The molecule has 0 radical (unpaired) electrons. The van der Waals surface area contributed by atoms with Crippen molar-refractivity contribution in [3.63, 3.8) is 0 Å². The zero-order valence-corrected chi connectivity index (χ0v) is 64.5. The van der Waals surface area contributed by atoms with E-state index in [4.69, 9.17) is 5.73 Å². The Bertz CT molecular complexity index is 4470. The van der Waals surface area contributed by atoms with Crippen LogP contribution >= 0.6 is 0 Å². The molecule has 0 saturated carbocycles. The number of carbonyl (C=O) groups excluding carboxylic acids is 6. The number of rotatable bonds is 35. The topological polar surface area (TPSA) is 318 Å². The molecule has 0 aromatic heterocycles. The summed E-state index contributed by atoms with van der Waals surface area (Å²) in [6.07, 6.45) is 2.96. The first-order chi connectivity index (χ1) is 53.9. The van der Waals surface area contributed by atoms with Crippen LogP contribution in [-0.2, 0) is 112 Å². The molecular weight excluding hydrogens is 1440 g/mol. The van der Waals surface area contributed by atoms with Crippen LogP contribution in [0.25, 0.3) is 0 Å². The lowest BCUT2D eigenvalue weighted by molar-refractivity contribution is -0.144. The van der Waals surface area contributed by atoms with Crippen molar-refractivity contribution in [1.29, 1.82) is 0 Å². The molecule has 0 heterocycles. The van der Waals surface area contributed by atoms with Gasteiger partial charge >= 0.3 is 23.9 Å². The van der Waals surface area contributed by atoms with E-state index in [0.29, 0.717) is 37.7 Å². The highest BCUT2D eigenvalue weighted by atomic mass is 19.1. The zero-order chi connectivity index (χ0) is 82.4. The quantitative estimate of drug-likeness (QED) is 0.0194. The molecule has 1 amide bonds. The number of Topliss-reactive ketones (excluding diaryl/α,β-unsaturated/α-hetero) is 5. The lowest BCUT2D eigenvalue weighted by Crippen LogP contribution is -2.28. The molecule has 0 aliphatic carbocycles. The first kappa shape index (κ1) is 92.0. The Morgan fingerprint density at radius 1 is 0.281 bits per heavy atom. The summed E-state index contributed by atoms with van der Waals surface area (Å²) in [5.74, 6) is -8.25. The summed E-state index contributed by atoms with van der Waals surface area (Å²) >= 11 is 0. The van der Waals surface area contributed by atoms with Gasteiger partial charge in [-0.2, -0.15) is 0 Å². The number of aliphatic carboxylic acids is 4. The van der Waals surface area contributed by atoms with Crippen molar-refractivity contribution in [2.45, 2.75) is 138 Å². The maximum absolute atomic E-state index is 13.8. The van der Waals surface area contributed by atoms with Crippen LogP contribution in [0.3, 0.4) is 0 Å². The Balaban J connectivity index is 0.000000254. The zero-order valence-electron chi connectivity index (χ0n) is 64.5. The van der Waals surface area contributed by atoms with Crippen molar-refractivity contribution in [3.05, 3.63) is 344 Å². The van der Waals surface area contributed by atoms with Crippen LogP contribution in [0.2, 0.25) is 0 Å². The number of hydrogen-bond donors (Lipinski definition) is 7. The Morgan fingerprint density at radius 3 is 0.728 bits per heavy atom. The number of primary amides is 1. The third-order valence-electron chi connectivity index (χ3n) is 18.7. The average Bonchev–Trinajstić information content (AvgIpc) is 0.893. The molecule has 17 nitrogen and oxygen atoms in total. The van der Waals surface area contributed by atoms with Crippen molar-refractivity contribution in [2.75, 3.05) is 0 Å². The second kappa shape index (κ2) is 48.3. The van der Waals surface area contributed by atoms with Gasteiger partial charge in [-0.25, -0.2) is 4.39 Å². The number of hydrogen-bond acceptors (Lipinski definition) is 12. The molecule has 10 aromatic rings. The molecule has 5 unspecified atom stereocenters. The van der Waals surface area contributed by atoms with E-state index >= 15 is 0 Å². The van der Waals surface area contributed by atoms with E-state index in [1.54, 1.807) is 43.3 Å². The normalized spacial score (nSPS) is 11.8. The summed E-state index contributed by atoms with van der Waals surface area (Å²) in [5.41, 5.74) is 19.2. The molecule has 10 rings (SSSR count). The van der Waals surface area contributed by atoms with Crippen LogP contribution < -0.4 is 5.73 Å². The molecule has 0 spiro atoms. The molecule has 114 heavy (non-hydrogen) atoms. The minimum atomic E-state index is -0.977. The molecule has 8 N–H and O–H groups in total. The Kier molecular flexibility index (Phi) is 39.0. The highest BCUT2D eigenvalue weighted by Gasteiger charge is 2.27. The summed E-state index contributed by atoms with van der Waals surface area (Å²) in [6, 6.07) is 76.6. The highest BCUT2D eigenvalue weighted by molar-refractivity contribution is 5.89. The number of phenolic OH excluding ortho intramolecular Hbond substituents is 2. The SMILES string of the molecule is C.Cc1ccc(CC(=O)CC(Cc2ccc(O)cc2)C(=O)O)cc1.Cc1ccc(CC(=O)CC(Cc2ccc(O)cc2)C(=O)O)cc1.Cc1ccc(CC(=O)CC(Cc2ccccc2)C(=O)O)cc1.Cc1ccc(CC(=O)CC(Cc2ccccc2)C(=O)O)cc1.Cc1ccc(CC(=O)CC(Cc2ccccc2)C(N)=O)c(F)c1. The van der Waals surface area contributed by atoms with Crippen molar-refractivity contribution in [1.82, 2.24) is 0 Å². The number of aromatic hydroxyl groups is 2. The Labute approximate surface area is 667 Å². The van der Waals surface area contributed by atoms with Crippen molar-refractivity contribution >= 4 is 58.7 Å². The number of aryl methyl sites for hydroxylation is 5. The maximum atomic E-state index is 13.8. The number of benzene rings is 10. The van der Waals surface area contributed by atoms with Gasteiger partial charge in [0, 0.05) is 70.1 Å². The minimum absolute atomic E-state index is 0. The van der Waals surface area contributed by atoms with Crippen LogP contribution in [0, 0.1) is 70.0 Å². The number of amides is 1. The first-order valence-corrected chi connectivity index (χ1v) is 37.4. The monoisotopic (exact) mass is 1550 g/mol. The number of carboxylic acids is 4. The number of carboxylic acid groups (broad SMARTS) is 4. The van der Waals surface area contributed by atoms with Gasteiger partial charge < -0.3 is 36.4 Å². The summed E-state index contributed by atoms with van der Waals surface area (Å²) in [6.45, 7) is 9.73. The molecule has 0 saturated heterocycles. The van der Waals surface area contributed by atoms with Crippen molar-refractivity contribution in [3.8, 4) is 11.5 Å². The fourth-order valence-corrected chi connectivity index (χ4v) is 12.3. The Morgan fingerprint density at radius 2 is 0.491 bits per heavy atom. The van der Waals surface area contributed by atoms with Crippen LogP contribution in [0.15, 0.2) is 255 Å². The largest absolute Gasteiger partial charge is 0.508 e.